The van der Waals surface area contributed by atoms with Gasteiger partial charge in [-0.2, -0.15) is 13.2 Å². The van der Waals surface area contributed by atoms with Crippen molar-refractivity contribution in [2.75, 3.05) is 32.7 Å². The summed E-state index contributed by atoms with van der Waals surface area (Å²) in [4.78, 5) is 14.5. The second kappa shape index (κ2) is 4.68. The van der Waals surface area contributed by atoms with E-state index in [-0.39, 0.29) is 5.78 Å². The molecule has 0 saturated carbocycles. The number of carbonyl (C=O) groups is 1. The molecule has 17 heavy (non-hydrogen) atoms. The quantitative estimate of drug-likeness (QED) is 0.738. The Morgan fingerprint density at radius 3 is 2.24 bits per heavy atom. The summed E-state index contributed by atoms with van der Waals surface area (Å²) < 4.78 is 36.5. The molecule has 0 aromatic carbocycles. The van der Waals surface area contributed by atoms with Crippen LogP contribution >= 0.6 is 0 Å². The van der Waals surface area contributed by atoms with Gasteiger partial charge in [-0.3, -0.25) is 9.69 Å². The van der Waals surface area contributed by atoms with Gasteiger partial charge in [0.25, 0.3) is 0 Å². The highest BCUT2D eigenvalue weighted by Gasteiger charge is 2.32. The van der Waals surface area contributed by atoms with Crippen molar-refractivity contribution < 1.29 is 18.0 Å². The number of hydrogen-bond acceptors (Lipinski definition) is 3. The van der Waals surface area contributed by atoms with Gasteiger partial charge in [-0.05, 0) is 6.42 Å². The third-order valence-corrected chi connectivity index (χ3v) is 3.14. The topological polar surface area (TPSA) is 23.6 Å². The fraction of sp³-hybridized carbons (Fsp3) is 0.727. The first-order valence-electron chi connectivity index (χ1n) is 5.71. The first-order valence-corrected chi connectivity index (χ1v) is 5.71. The van der Waals surface area contributed by atoms with Crippen LogP contribution in [0.4, 0.5) is 13.2 Å². The van der Waals surface area contributed by atoms with Gasteiger partial charge in [0.2, 0.25) is 0 Å². The number of hydrogen-bond donors (Lipinski definition) is 0. The van der Waals surface area contributed by atoms with Gasteiger partial charge in [-0.1, -0.05) is 0 Å². The van der Waals surface area contributed by atoms with Crippen molar-refractivity contribution in [2.24, 2.45) is 0 Å². The monoisotopic (exact) mass is 248 g/mol. The van der Waals surface area contributed by atoms with Gasteiger partial charge in [0.05, 0.1) is 6.54 Å². The van der Waals surface area contributed by atoms with E-state index >= 15 is 0 Å². The Kier molecular flexibility index (Phi) is 3.42. The second-order valence-corrected chi connectivity index (χ2v) is 4.48. The number of ketones is 1. The van der Waals surface area contributed by atoms with Gasteiger partial charge in [0, 0.05) is 44.4 Å². The first-order chi connectivity index (χ1) is 7.94. The van der Waals surface area contributed by atoms with Crippen LogP contribution in [0, 0.1) is 0 Å². The van der Waals surface area contributed by atoms with E-state index in [1.54, 1.807) is 6.08 Å². The lowest BCUT2D eigenvalue weighted by Crippen LogP contribution is -2.48. The Hall–Kier alpha value is -1.04. The predicted octanol–water partition coefficient (Wildman–Crippen LogP) is 1.41. The second-order valence-electron chi connectivity index (χ2n) is 4.48. The summed E-state index contributed by atoms with van der Waals surface area (Å²) in [5.41, 5.74) is 0.988. The number of piperazine rings is 1. The van der Waals surface area contributed by atoms with E-state index in [2.05, 4.69) is 0 Å². The van der Waals surface area contributed by atoms with E-state index in [9.17, 15) is 18.0 Å². The molecule has 1 fully saturated rings. The molecule has 0 atom stereocenters. The summed E-state index contributed by atoms with van der Waals surface area (Å²) in [6.07, 6.45) is -1.22. The zero-order valence-corrected chi connectivity index (χ0v) is 9.46. The van der Waals surface area contributed by atoms with Crippen molar-refractivity contribution in [3.8, 4) is 0 Å². The molecule has 0 bridgehead atoms. The largest absolute Gasteiger partial charge is 0.401 e. The number of allylic oxidation sites excluding steroid dienone is 2. The van der Waals surface area contributed by atoms with E-state index < -0.39 is 12.7 Å². The molecule has 1 heterocycles. The van der Waals surface area contributed by atoms with E-state index in [1.807, 2.05) is 4.90 Å². The molecular formula is C11H15F3N2O. The Morgan fingerprint density at radius 2 is 1.76 bits per heavy atom. The normalized spacial score (nSPS) is 23.1. The highest BCUT2D eigenvalue weighted by atomic mass is 19.4. The summed E-state index contributed by atoms with van der Waals surface area (Å²) in [5.74, 6) is 0.123. The molecule has 0 radical (unpaired) electrons. The van der Waals surface area contributed by atoms with Crippen LogP contribution in [0.25, 0.3) is 0 Å². The predicted molar refractivity (Wildman–Crippen MR) is 56.4 cm³/mol. The third-order valence-electron chi connectivity index (χ3n) is 3.14. The fourth-order valence-electron chi connectivity index (χ4n) is 2.28. The molecule has 2 rings (SSSR count). The zero-order valence-electron chi connectivity index (χ0n) is 9.46. The van der Waals surface area contributed by atoms with Crippen LogP contribution in [-0.2, 0) is 4.79 Å². The number of alkyl halides is 3. The lowest BCUT2D eigenvalue weighted by Gasteiger charge is -2.36. The smallest absolute Gasteiger partial charge is 0.372 e. The molecule has 3 nitrogen and oxygen atoms in total. The van der Waals surface area contributed by atoms with E-state index in [0.717, 1.165) is 12.1 Å². The highest BCUT2D eigenvalue weighted by molar-refractivity contribution is 5.92. The van der Waals surface area contributed by atoms with Crippen LogP contribution in [0.15, 0.2) is 11.8 Å². The zero-order chi connectivity index (χ0) is 12.5. The maximum atomic E-state index is 12.2. The van der Waals surface area contributed by atoms with Crippen LogP contribution in [0.3, 0.4) is 0 Å². The lowest BCUT2D eigenvalue weighted by atomic mass is 10.2. The van der Waals surface area contributed by atoms with Gasteiger partial charge >= 0.3 is 6.18 Å². The summed E-state index contributed by atoms with van der Waals surface area (Å²) in [7, 11) is 0. The van der Waals surface area contributed by atoms with Crippen LogP contribution in [0.2, 0.25) is 0 Å². The number of nitrogens with zero attached hydrogens (tertiary/aromatic N) is 2. The number of halogens is 3. The third kappa shape index (κ3) is 3.46. The Labute approximate surface area is 97.9 Å². The molecule has 6 heteroatoms. The van der Waals surface area contributed by atoms with Crippen molar-refractivity contribution in [3.63, 3.8) is 0 Å². The maximum absolute atomic E-state index is 12.2. The average Bonchev–Trinajstić information content (AvgIpc) is 2.63. The minimum absolute atomic E-state index is 0.123. The van der Waals surface area contributed by atoms with Gasteiger partial charge < -0.3 is 4.90 Å². The van der Waals surface area contributed by atoms with Crippen molar-refractivity contribution in [1.82, 2.24) is 9.80 Å². The molecule has 0 unspecified atom stereocenters. The Morgan fingerprint density at radius 1 is 1.12 bits per heavy atom. The molecule has 96 valence electrons. The van der Waals surface area contributed by atoms with Crippen molar-refractivity contribution in [1.29, 1.82) is 0 Å². The Bertz CT molecular complexity index is 330. The summed E-state index contributed by atoms with van der Waals surface area (Å²) in [5, 5.41) is 0. The first kappa shape index (κ1) is 12.4. The minimum Gasteiger partial charge on any atom is -0.372 e. The highest BCUT2D eigenvalue weighted by Crippen LogP contribution is 2.22. The summed E-state index contributed by atoms with van der Waals surface area (Å²) in [6.45, 7) is 1.14. The van der Waals surface area contributed by atoms with Gasteiger partial charge in [0.15, 0.2) is 5.78 Å². The summed E-state index contributed by atoms with van der Waals surface area (Å²) in [6, 6.07) is 0. The molecule has 0 N–H and O–H groups in total. The van der Waals surface area contributed by atoms with Crippen LogP contribution in [0.5, 0.6) is 0 Å². The molecular weight excluding hydrogens is 233 g/mol. The molecule has 0 aromatic rings. The average molecular weight is 248 g/mol. The van der Waals surface area contributed by atoms with Crippen molar-refractivity contribution in [2.45, 2.75) is 19.0 Å². The van der Waals surface area contributed by atoms with Gasteiger partial charge in [-0.25, -0.2) is 0 Å². The molecule has 0 aromatic heterocycles. The Balaban J connectivity index is 1.82. The molecule has 2 aliphatic rings. The van der Waals surface area contributed by atoms with Crippen LogP contribution < -0.4 is 0 Å². The summed E-state index contributed by atoms with van der Waals surface area (Å²) >= 11 is 0. The maximum Gasteiger partial charge on any atom is 0.401 e. The van der Waals surface area contributed by atoms with E-state index in [1.165, 1.54) is 4.90 Å². The SMILES string of the molecule is O=C1C=C(N2CCN(CC(F)(F)F)CC2)CC1. The van der Waals surface area contributed by atoms with Gasteiger partial charge in [0.1, 0.15) is 0 Å². The van der Waals surface area contributed by atoms with Crippen LogP contribution in [0.1, 0.15) is 12.8 Å². The number of carbonyl (C=O) groups excluding carboxylic acids is 1. The molecule has 1 aliphatic carbocycles. The molecule has 1 saturated heterocycles. The number of rotatable bonds is 2. The minimum atomic E-state index is -4.12. The fourth-order valence-corrected chi connectivity index (χ4v) is 2.28. The molecule has 0 spiro atoms. The van der Waals surface area contributed by atoms with Crippen molar-refractivity contribution in [3.05, 3.63) is 11.8 Å². The van der Waals surface area contributed by atoms with E-state index in [4.69, 9.17) is 0 Å². The van der Waals surface area contributed by atoms with Crippen molar-refractivity contribution >= 4 is 5.78 Å². The van der Waals surface area contributed by atoms with Crippen LogP contribution in [-0.4, -0.2) is 54.5 Å². The van der Waals surface area contributed by atoms with Gasteiger partial charge in [-0.15, -0.1) is 0 Å². The molecule has 0 amide bonds. The standard InChI is InChI=1S/C11H15F3N2O/c12-11(13,14)8-15-3-5-16(6-4-15)9-1-2-10(17)7-9/h7H,1-6,8H2. The lowest BCUT2D eigenvalue weighted by molar-refractivity contribution is -0.148. The molecule has 1 aliphatic heterocycles. The van der Waals surface area contributed by atoms with E-state index in [0.29, 0.717) is 32.6 Å².